The van der Waals surface area contributed by atoms with Gasteiger partial charge in [-0.15, -0.1) is 0 Å². The summed E-state index contributed by atoms with van der Waals surface area (Å²) in [6, 6.07) is 13.5. The molecule has 4 rings (SSSR count). The molecule has 0 bridgehead atoms. The number of aromatic nitrogens is 1. The topological polar surface area (TPSA) is 83.7 Å². The summed E-state index contributed by atoms with van der Waals surface area (Å²) in [6.07, 6.45) is 1.56. The molecule has 0 fully saturated rings. The molecular weight excluding hydrogens is 470 g/mol. The molecule has 178 valence electrons. The van der Waals surface area contributed by atoms with E-state index >= 15 is 0 Å². The molecule has 0 spiro atoms. The Kier molecular flexibility index (Phi) is 6.62. The molecule has 1 amide bonds. The van der Waals surface area contributed by atoms with Gasteiger partial charge in [0.2, 0.25) is 10.0 Å². The zero-order valence-corrected chi connectivity index (χ0v) is 21.4. The van der Waals surface area contributed by atoms with Crippen LogP contribution in [0.2, 0.25) is 0 Å². The van der Waals surface area contributed by atoms with E-state index in [0.29, 0.717) is 16.5 Å². The number of sulfonamides is 1. The number of nitrogens with zero attached hydrogens (tertiary/aromatic N) is 3. The smallest absolute Gasteiger partial charge is 0.260 e. The van der Waals surface area contributed by atoms with Crippen LogP contribution >= 0.6 is 11.3 Å². The Morgan fingerprint density at radius 3 is 2.44 bits per heavy atom. The molecule has 0 unspecified atom stereocenters. The molecule has 0 aliphatic carbocycles. The van der Waals surface area contributed by atoms with Gasteiger partial charge in [0.25, 0.3) is 5.91 Å². The van der Waals surface area contributed by atoms with E-state index < -0.39 is 10.0 Å². The lowest BCUT2D eigenvalue weighted by molar-refractivity contribution is 0.0983. The SMILES string of the molecule is Cc1cc(C)c2sc(N(Cc3ccco3)C(=O)c3ccc(S(=O)(=O)N(C)C(C)C)cc3)nc2c1. The first kappa shape index (κ1) is 24.1. The zero-order chi connectivity index (χ0) is 24.6. The van der Waals surface area contributed by atoms with E-state index in [2.05, 4.69) is 6.07 Å². The minimum atomic E-state index is -3.64. The maximum absolute atomic E-state index is 13.6. The molecule has 4 aromatic rings. The van der Waals surface area contributed by atoms with E-state index in [1.54, 1.807) is 42.5 Å². The summed E-state index contributed by atoms with van der Waals surface area (Å²) in [5.41, 5.74) is 3.42. The summed E-state index contributed by atoms with van der Waals surface area (Å²) in [6.45, 7) is 7.87. The van der Waals surface area contributed by atoms with Gasteiger partial charge >= 0.3 is 0 Å². The summed E-state index contributed by atoms with van der Waals surface area (Å²) in [7, 11) is -2.09. The fourth-order valence-corrected chi connectivity index (χ4v) is 6.02. The number of carbonyl (C=O) groups excluding carboxylic acids is 1. The largest absolute Gasteiger partial charge is 0.467 e. The second kappa shape index (κ2) is 9.32. The van der Waals surface area contributed by atoms with Crippen molar-refractivity contribution in [3.05, 3.63) is 77.2 Å². The van der Waals surface area contributed by atoms with Crippen LogP contribution in [0, 0.1) is 13.8 Å². The number of aryl methyl sites for hydroxylation is 2. The number of hydrogen-bond acceptors (Lipinski definition) is 6. The third-order valence-corrected chi connectivity index (χ3v) is 8.96. The van der Waals surface area contributed by atoms with Crippen LogP contribution in [0.1, 0.15) is 41.1 Å². The predicted octanol–water partition coefficient (Wildman–Crippen LogP) is 5.38. The predicted molar refractivity (Wildman–Crippen MR) is 135 cm³/mol. The first-order chi connectivity index (χ1) is 16.1. The number of rotatable bonds is 7. The van der Waals surface area contributed by atoms with Crippen molar-refractivity contribution < 1.29 is 17.6 Å². The van der Waals surface area contributed by atoms with Crippen LogP contribution in [0.3, 0.4) is 0 Å². The van der Waals surface area contributed by atoms with Gasteiger partial charge in [-0.05, 0) is 81.3 Å². The number of benzene rings is 2. The van der Waals surface area contributed by atoms with Gasteiger partial charge in [-0.2, -0.15) is 4.31 Å². The number of furan rings is 1. The highest BCUT2D eigenvalue weighted by Gasteiger charge is 2.26. The summed E-state index contributed by atoms with van der Waals surface area (Å²) in [4.78, 5) is 20.0. The van der Waals surface area contributed by atoms with Gasteiger partial charge in [-0.1, -0.05) is 17.4 Å². The van der Waals surface area contributed by atoms with Crippen molar-refractivity contribution in [3.63, 3.8) is 0 Å². The first-order valence-electron chi connectivity index (χ1n) is 10.9. The first-order valence-corrected chi connectivity index (χ1v) is 13.1. The summed E-state index contributed by atoms with van der Waals surface area (Å²) in [5.74, 6) is 0.337. The third kappa shape index (κ3) is 4.64. The van der Waals surface area contributed by atoms with E-state index in [0.717, 1.165) is 21.3 Å². The van der Waals surface area contributed by atoms with Crippen molar-refractivity contribution in [2.45, 2.75) is 45.2 Å². The molecule has 0 atom stereocenters. The number of anilines is 1. The minimum absolute atomic E-state index is 0.143. The molecule has 0 saturated heterocycles. The molecule has 0 saturated carbocycles. The van der Waals surface area contributed by atoms with Crippen LogP contribution in [0.25, 0.3) is 10.2 Å². The average Bonchev–Trinajstić information content (AvgIpc) is 3.46. The Balaban J connectivity index is 1.71. The maximum atomic E-state index is 13.6. The Morgan fingerprint density at radius 1 is 1.12 bits per heavy atom. The molecule has 2 heterocycles. The Morgan fingerprint density at radius 2 is 1.82 bits per heavy atom. The van der Waals surface area contributed by atoms with E-state index in [1.807, 2.05) is 33.8 Å². The molecule has 9 heteroatoms. The Hall–Kier alpha value is -3.01. The normalized spacial score (nSPS) is 12.1. The molecule has 0 radical (unpaired) electrons. The van der Waals surface area contributed by atoms with Gasteiger partial charge in [-0.3, -0.25) is 9.69 Å². The molecule has 0 aliphatic heterocycles. The van der Waals surface area contributed by atoms with Gasteiger partial charge in [0.1, 0.15) is 5.76 Å². The van der Waals surface area contributed by atoms with Crippen molar-refractivity contribution in [3.8, 4) is 0 Å². The number of amides is 1. The van der Waals surface area contributed by atoms with Crippen LogP contribution in [-0.4, -0.2) is 36.7 Å². The number of fused-ring (bicyclic) bond motifs is 1. The van der Waals surface area contributed by atoms with Gasteiger partial charge in [0.15, 0.2) is 5.13 Å². The quantitative estimate of drug-likeness (QED) is 0.342. The highest BCUT2D eigenvalue weighted by atomic mass is 32.2. The second-order valence-electron chi connectivity index (χ2n) is 8.54. The second-order valence-corrected chi connectivity index (χ2v) is 11.5. The molecular formula is C25H27N3O4S2. The van der Waals surface area contributed by atoms with E-state index in [-0.39, 0.29) is 23.4 Å². The van der Waals surface area contributed by atoms with Gasteiger partial charge in [0, 0.05) is 18.7 Å². The van der Waals surface area contributed by atoms with E-state index in [4.69, 9.17) is 9.40 Å². The third-order valence-electron chi connectivity index (χ3n) is 5.68. The van der Waals surface area contributed by atoms with Crippen molar-refractivity contribution in [1.82, 2.24) is 9.29 Å². The highest BCUT2D eigenvalue weighted by Crippen LogP contribution is 2.34. The summed E-state index contributed by atoms with van der Waals surface area (Å²) in [5, 5.41) is 0.557. The molecule has 7 nitrogen and oxygen atoms in total. The monoisotopic (exact) mass is 497 g/mol. The van der Waals surface area contributed by atoms with Crippen LogP contribution < -0.4 is 4.90 Å². The van der Waals surface area contributed by atoms with Crippen molar-refractivity contribution in [2.75, 3.05) is 11.9 Å². The van der Waals surface area contributed by atoms with Crippen LogP contribution in [0.4, 0.5) is 5.13 Å². The van der Waals surface area contributed by atoms with Crippen LogP contribution in [-0.2, 0) is 16.6 Å². The standard InChI is InChI=1S/C25H27N3O4S2/c1-16(2)27(5)34(30,31)21-10-8-19(9-11-21)24(29)28(15-20-7-6-12-32-20)25-26-22-14-17(3)13-18(4)23(22)33-25/h6-14,16H,15H2,1-5H3. The highest BCUT2D eigenvalue weighted by molar-refractivity contribution is 7.89. The van der Waals surface area contributed by atoms with Gasteiger partial charge < -0.3 is 4.42 Å². The lowest BCUT2D eigenvalue weighted by atomic mass is 10.1. The van der Waals surface area contributed by atoms with Gasteiger partial charge in [-0.25, -0.2) is 13.4 Å². The summed E-state index contributed by atoms with van der Waals surface area (Å²) < 4.78 is 33.4. The minimum Gasteiger partial charge on any atom is -0.467 e. The number of carbonyl (C=O) groups is 1. The van der Waals surface area contributed by atoms with E-state index in [9.17, 15) is 13.2 Å². The van der Waals surface area contributed by atoms with E-state index in [1.165, 1.54) is 27.8 Å². The maximum Gasteiger partial charge on any atom is 0.260 e. The van der Waals surface area contributed by atoms with Crippen LogP contribution in [0.15, 0.2) is 64.1 Å². The van der Waals surface area contributed by atoms with Crippen LogP contribution in [0.5, 0.6) is 0 Å². The Labute approximate surface area is 203 Å². The fraction of sp³-hybridized carbons (Fsp3) is 0.280. The summed E-state index contributed by atoms with van der Waals surface area (Å²) >= 11 is 1.45. The van der Waals surface area contributed by atoms with Crippen molar-refractivity contribution >= 4 is 42.6 Å². The molecule has 0 aliphatic rings. The molecule has 34 heavy (non-hydrogen) atoms. The fourth-order valence-electron chi connectivity index (χ4n) is 3.63. The number of hydrogen-bond donors (Lipinski definition) is 0. The van der Waals surface area contributed by atoms with Crippen molar-refractivity contribution in [1.29, 1.82) is 0 Å². The van der Waals surface area contributed by atoms with Gasteiger partial charge in [0.05, 0.1) is 27.9 Å². The molecule has 0 N–H and O–H groups in total. The molecule has 2 aromatic carbocycles. The number of thiazole rings is 1. The van der Waals surface area contributed by atoms with Crippen molar-refractivity contribution in [2.24, 2.45) is 0 Å². The zero-order valence-electron chi connectivity index (χ0n) is 19.8. The molecule has 2 aromatic heterocycles. The lowest BCUT2D eigenvalue weighted by Gasteiger charge is -2.21. The Bertz CT molecular complexity index is 1420. The average molecular weight is 498 g/mol. The lowest BCUT2D eigenvalue weighted by Crippen LogP contribution is -2.33.